The van der Waals surface area contributed by atoms with E-state index in [4.69, 9.17) is 5.11 Å². The van der Waals surface area contributed by atoms with Crippen molar-refractivity contribution in [2.24, 2.45) is 0 Å². The van der Waals surface area contributed by atoms with E-state index < -0.39 is 18.6 Å². The number of aromatic carboxylic acids is 1. The molecule has 1 rings (SSSR count). The molecule has 5 nitrogen and oxygen atoms in total. The van der Waals surface area contributed by atoms with Gasteiger partial charge >= 0.3 is 12.1 Å². The molecule has 0 unspecified atom stereocenters. The van der Waals surface area contributed by atoms with E-state index in [2.05, 4.69) is 15.0 Å². The standard InChI is InChI=1S/C8H9F3N2O3/c9-8(10,11)1-2-12-4-5-3-6(7(14)15)13-16-5/h3,12H,1-2,4H2,(H,14,15). The lowest BCUT2D eigenvalue weighted by molar-refractivity contribution is -0.133. The number of halogens is 3. The summed E-state index contributed by atoms with van der Waals surface area (Å²) in [7, 11) is 0. The van der Waals surface area contributed by atoms with Gasteiger partial charge in [-0.2, -0.15) is 13.2 Å². The molecule has 0 aromatic carbocycles. The predicted molar refractivity (Wildman–Crippen MR) is 45.8 cm³/mol. The second-order valence-corrected chi connectivity index (χ2v) is 3.03. The maximum atomic E-state index is 11.7. The molecule has 0 saturated carbocycles. The van der Waals surface area contributed by atoms with Gasteiger partial charge in [-0.25, -0.2) is 4.79 Å². The lowest BCUT2D eigenvalue weighted by Crippen LogP contribution is -2.21. The molecule has 0 spiro atoms. The molecule has 0 fully saturated rings. The predicted octanol–water partition coefficient (Wildman–Crippen LogP) is 1.41. The Labute approximate surface area is 88.2 Å². The zero-order valence-corrected chi connectivity index (χ0v) is 8.04. The highest BCUT2D eigenvalue weighted by molar-refractivity contribution is 5.85. The molecule has 16 heavy (non-hydrogen) atoms. The molecule has 2 N–H and O–H groups in total. The van der Waals surface area contributed by atoms with Crippen LogP contribution in [0.25, 0.3) is 0 Å². The summed E-state index contributed by atoms with van der Waals surface area (Å²) in [5, 5.41) is 14.2. The molecule has 0 radical (unpaired) electrons. The van der Waals surface area contributed by atoms with E-state index in [9.17, 15) is 18.0 Å². The summed E-state index contributed by atoms with van der Waals surface area (Å²) in [5.74, 6) is -1.06. The van der Waals surface area contributed by atoms with Crippen molar-refractivity contribution < 1.29 is 27.6 Å². The number of carbonyl (C=O) groups is 1. The monoisotopic (exact) mass is 238 g/mol. The van der Waals surface area contributed by atoms with Crippen LogP contribution in [-0.4, -0.2) is 29.0 Å². The van der Waals surface area contributed by atoms with Crippen molar-refractivity contribution in [1.29, 1.82) is 0 Å². The Bertz CT molecular complexity index is 362. The highest BCUT2D eigenvalue weighted by Gasteiger charge is 2.26. The van der Waals surface area contributed by atoms with Gasteiger partial charge in [0.25, 0.3) is 0 Å². The van der Waals surface area contributed by atoms with Crippen LogP contribution >= 0.6 is 0 Å². The summed E-state index contributed by atoms with van der Waals surface area (Å²) in [6.45, 7) is -0.247. The van der Waals surface area contributed by atoms with Gasteiger partial charge in [-0.05, 0) is 0 Å². The summed E-state index contributed by atoms with van der Waals surface area (Å²) in [6, 6.07) is 1.16. The fourth-order valence-corrected chi connectivity index (χ4v) is 0.939. The van der Waals surface area contributed by atoms with Crippen LogP contribution in [0.2, 0.25) is 0 Å². The van der Waals surface area contributed by atoms with Gasteiger partial charge < -0.3 is 14.9 Å². The van der Waals surface area contributed by atoms with Crippen molar-refractivity contribution in [3.05, 3.63) is 17.5 Å². The maximum absolute atomic E-state index is 11.7. The quantitative estimate of drug-likeness (QED) is 0.758. The fourth-order valence-electron chi connectivity index (χ4n) is 0.939. The van der Waals surface area contributed by atoms with Crippen LogP contribution in [0.5, 0.6) is 0 Å². The molecule has 0 amide bonds. The largest absolute Gasteiger partial charge is 0.476 e. The zero-order chi connectivity index (χ0) is 12.2. The number of nitrogens with one attached hydrogen (secondary N) is 1. The van der Waals surface area contributed by atoms with Crippen molar-refractivity contribution in [1.82, 2.24) is 10.5 Å². The normalized spacial score (nSPS) is 11.7. The second-order valence-electron chi connectivity index (χ2n) is 3.03. The SMILES string of the molecule is O=C(O)c1cc(CNCCC(F)(F)F)on1. The van der Waals surface area contributed by atoms with E-state index in [1.54, 1.807) is 0 Å². The van der Waals surface area contributed by atoms with Gasteiger partial charge in [0.05, 0.1) is 13.0 Å². The summed E-state index contributed by atoms with van der Waals surface area (Å²) >= 11 is 0. The van der Waals surface area contributed by atoms with E-state index in [0.29, 0.717) is 0 Å². The van der Waals surface area contributed by atoms with Crippen molar-refractivity contribution in [2.45, 2.75) is 19.1 Å². The van der Waals surface area contributed by atoms with E-state index >= 15 is 0 Å². The minimum Gasteiger partial charge on any atom is -0.476 e. The lowest BCUT2D eigenvalue weighted by atomic mass is 10.3. The Morgan fingerprint density at radius 3 is 2.75 bits per heavy atom. The van der Waals surface area contributed by atoms with Crippen molar-refractivity contribution in [2.75, 3.05) is 6.54 Å². The molecule has 0 bridgehead atoms. The van der Waals surface area contributed by atoms with Gasteiger partial charge in [0.1, 0.15) is 0 Å². The highest BCUT2D eigenvalue weighted by atomic mass is 19.4. The zero-order valence-electron chi connectivity index (χ0n) is 8.04. The number of rotatable bonds is 5. The number of carboxylic acids is 1. The van der Waals surface area contributed by atoms with Gasteiger partial charge in [0, 0.05) is 12.6 Å². The molecular weight excluding hydrogens is 229 g/mol. The van der Waals surface area contributed by atoms with Gasteiger partial charge in [0.15, 0.2) is 11.5 Å². The molecule has 1 aromatic heterocycles. The third-order valence-corrected chi connectivity index (χ3v) is 1.66. The van der Waals surface area contributed by atoms with Crippen LogP contribution in [0.1, 0.15) is 22.7 Å². The third-order valence-electron chi connectivity index (χ3n) is 1.66. The highest BCUT2D eigenvalue weighted by Crippen LogP contribution is 2.18. The van der Waals surface area contributed by atoms with Crippen LogP contribution in [0.4, 0.5) is 13.2 Å². The molecule has 0 saturated heterocycles. The van der Waals surface area contributed by atoms with Gasteiger partial charge in [-0.1, -0.05) is 5.16 Å². The second kappa shape index (κ2) is 4.97. The molecule has 8 heteroatoms. The molecule has 90 valence electrons. The van der Waals surface area contributed by atoms with Gasteiger partial charge in [-0.15, -0.1) is 0 Å². The summed E-state index contributed by atoms with van der Waals surface area (Å²) in [4.78, 5) is 10.4. The van der Waals surface area contributed by atoms with Gasteiger partial charge in [0.2, 0.25) is 0 Å². The molecule has 0 atom stereocenters. The minimum absolute atomic E-state index is 0.0103. The van der Waals surface area contributed by atoms with Crippen LogP contribution in [0, 0.1) is 0 Å². The van der Waals surface area contributed by atoms with E-state index in [0.717, 1.165) is 6.07 Å². The number of aromatic nitrogens is 1. The van der Waals surface area contributed by atoms with E-state index in [-0.39, 0.29) is 24.5 Å². The maximum Gasteiger partial charge on any atom is 0.390 e. The Morgan fingerprint density at radius 1 is 1.56 bits per heavy atom. The number of carboxylic acid groups (broad SMARTS) is 1. The first-order valence-corrected chi connectivity index (χ1v) is 4.35. The molecule has 0 aliphatic rings. The molecular formula is C8H9F3N2O3. The molecule has 0 aliphatic carbocycles. The Hall–Kier alpha value is -1.57. The van der Waals surface area contributed by atoms with Gasteiger partial charge in [-0.3, -0.25) is 0 Å². The molecule has 1 heterocycles. The fraction of sp³-hybridized carbons (Fsp3) is 0.500. The molecule has 1 aromatic rings. The van der Waals surface area contributed by atoms with E-state index in [1.807, 2.05) is 0 Å². The number of alkyl halides is 3. The Kier molecular flexibility index (Phi) is 3.88. The first kappa shape index (κ1) is 12.5. The number of hydrogen-bond acceptors (Lipinski definition) is 4. The summed E-state index contributed by atoms with van der Waals surface area (Å²) in [5.41, 5.74) is -0.271. The first-order chi connectivity index (χ1) is 7.38. The van der Waals surface area contributed by atoms with Crippen LogP contribution in [0.15, 0.2) is 10.6 Å². The van der Waals surface area contributed by atoms with Crippen LogP contribution in [-0.2, 0) is 6.54 Å². The van der Waals surface area contributed by atoms with Crippen molar-refractivity contribution in [3.8, 4) is 0 Å². The smallest absolute Gasteiger partial charge is 0.390 e. The lowest BCUT2D eigenvalue weighted by Gasteiger charge is -2.05. The van der Waals surface area contributed by atoms with Crippen LogP contribution in [0.3, 0.4) is 0 Å². The topological polar surface area (TPSA) is 75.4 Å². The average Bonchev–Trinajstić information content (AvgIpc) is 2.59. The molecule has 0 aliphatic heterocycles. The van der Waals surface area contributed by atoms with Crippen molar-refractivity contribution in [3.63, 3.8) is 0 Å². The first-order valence-electron chi connectivity index (χ1n) is 4.35. The van der Waals surface area contributed by atoms with Crippen molar-refractivity contribution >= 4 is 5.97 Å². The number of nitrogens with zero attached hydrogens (tertiary/aromatic N) is 1. The van der Waals surface area contributed by atoms with E-state index in [1.165, 1.54) is 0 Å². The summed E-state index contributed by atoms with van der Waals surface area (Å²) < 4.78 is 39.8. The third kappa shape index (κ3) is 4.30. The minimum atomic E-state index is -4.21. The Balaban J connectivity index is 2.30. The number of hydrogen-bond donors (Lipinski definition) is 2. The average molecular weight is 238 g/mol. The summed E-state index contributed by atoms with van der Waals surface area (Å²) in [6.07, 6.45) is -5.16. The Morgan fingerprint density at radius 2 is 2.25 bits per heavy atom. The van der Waals surface area contributed by atoms with Crippen LogP contribution < -0.4 is 5.32 Å².